The summed E-state index contributed by atoms with van der Waals surface area (Å²) in [6.45, 7) is 8.74. The fraction of sp³-hybridized carbons (Fsp3) is 0.625. The van der Waals surface area contributed by atoms with Gasteiger partial charge in [-0.05, 0) is 50.3 Å². The maximum Gasteiger partial charge on any atom is 0.213 e. The van der Waals surface area contributed by atoms with Crippen LogP contribution in [0.2, 0.25) is 0 Å². The summed E-state index contributed by atoms with van der Waals surface area (Å²) < 4.78 is 31.5. The van der Waals surface area contributed by atoms with Gasteiger partial charge in [-0.1, -0.05) is 26.0 Å². The molecule has 0 aliphatic heterocycles. The summed E-state index contributed by atoms with van der Waals surface area (Å²) in [5, 5.41) is -0.386. The molecule has 0 aromatic heterocycles. The predicted octanol–water partition coefficient (Wildman–Crippen LogP) is 3.30. The summed E-state index contributed by atoms with van der Waals surface area (Å²) in [6, 6.07) is 8.04. The van der Waals surface area contributed by atoms with Gasteiger partial charge in [-0.2, -0.15) is 0 Å². The second-order valence-corrected chi connectivity index (χ2v) is 7.92. The van der Waals surface area contributed by atoms with Gasteiger partial charge >= 0.3 is 0 Å². The molecule has 1 aromatic rings. The molecule has 1 rings (SSSR count). The van der Waals surface area contributed by atoms with Crippen LogP contribution < -0.4 is 9.46 Å². The molecule has 1 N–H and O–H groups in total. The fourth-order valence-electron chi connectivity index (χ4n) is 1.86. The van der Waals surface area contributed by atoms with Crippen molar-refractivity contribution in [3.63, 3.8) is 0 Å². The first-order chi connectivity index (χ1) is 9.86. The van der Waals surface area contributed by atoms with E-state index in [9.17, 15) is 8.42 Å². The molecule has 1 atom stereocenters. The minimum Gasteiger partial charge on any atom is -0.494 e. The van der Waals surface area contributed by atoms with Gasteiger partial charge in [0, 0.05) is 6.54 Å². The highest BCUT2D eigenvalue weighted by Gasteiger charge is 2.15. The summed E-state index contributed by atoms with van der Waals surface area (Å²) >= 11 is 0. The minimum atomic E-state index is -3.16. The molecule has 1 unspecified atom stereocenters. The monoisotopic (exact) mass is 313 g/mol. The molecule has 0 aliphatic carbocycles. The highest BCUT2D eigenvalue weighted by molar-refractivity contribution is 7.90. The average molecular weight is 313 g/mol. The van der Waals surface area contributed by atoms with Gasteiger partial charge in [-0.15, -0.1) is 0 Å². The van der Waals surface area contributed by atoms with Gasteiger partial charge in [0.1, 0.15) is 5.75 Å². The molecule has 0 saturated heterocycles. The Balaban J connectivity index is 2.47. The van der Waals surface area contributed by atoms with Crippen molar-refractivity contribution in [3.05, 3.63) is 29.8 Å². The Morgan fingerprint density at radius 1 is 1.14 bits per heavy atom. The third-order valence-electron chi connectivity index (χ3n) is 3.42. The van der Waals surface area contributed by atoms with Gasteiger partial charge in [0.25, 0.3) is 0 Å². The van der Waals surface area contributed by atoms with Gasteiger partial charge in [0.05, 0.1) is 11.9 Å². The van der Waals surface area contributed by atoms with Gasteiger partial charge in [0.15, 0.2) is 0 Å². The van der Waals surface area contributed by atoms with Gasteiger partial charge in [-0.25, -0.2) is 13.1 Å². The van der Waals surface area contributed by atoms with Crippen molar-refractivity contribution in [1.29, 1.82) is 0 Å². The zero-order chi connectivity index (χ0) is 15.9. The van der Waals surface area contributed by atoms with E-state index < -0.39 is 10.0 Å². The van der Waals surface area contributed by atoms with Crippen molar-refractivity contribution in [2.24, 2.45) is 0 Å². The Morgan fingerprint density at radius 2 is 1.76 bits per heavy atom. The Kier molecular flexibility index (Phi) is 7.18. The molecule has 0 amide bonds. The topological polar surface area (TPSA) is 55.4 Å². The van der Waals surface area contributed by atoms with E-state index in [2.05, 4.69) is 18.6 Å². The van der Waals surface area contributed by atoms with Crippen molar-refractivity contribution < 1.29 is 13.2 Å². The number of ether oxygens (including phenoxy) is 1. The molecule has 0 heterocycles. The van der Waals surface area contributed by atoms with Crippen LogP contribution in [0.4, 0.5) is 0 Å². The van der Waals surface area contributed by atoms with E-state index in [0.29, 0.717) is 12.5 Å². The zero-order valence-corrected chi connectivity index (χ0v) is 14.2. The van der Waals surface area contributed by atoms with E-state index in [0.717, 1.165) is 25.2 Å². The van der Waals surface area contributed by atoms with Crippen molar-refractivity contribution in [2.45, 2.75) is 51.7 Å². The number of hydrogen-bond acceptors (Lipinski definition) is 3. The Hall–Kier alpha value is -1.07. The maximum atomic E-state index is 11.7. The first-order valence-electron chi connectivity index (χ1n) is 7.58. The highest BCUT2D eigenvalue weighted by Crippen LogP contribution is 2.21. The number of hydrogen-bond donors (Lipinski definition) is 1. The largest absolute Gasteiger partial charge is 0.494 e. The lowest BCUT2D eigenvalue weighted by Crippen LogP contribution is -2.31. The zero-order valence-electron chi connectivity index (χ0n) is 13.4. The van der Waals surface area contributed by atoms with Crippen LogP contribution in [0.5, 0.6) is 5.75 Å². The Bertz CT molecular complexity index is 509. The number of nitrogens with one attached hydrogen (secondary N) is 1. The molecule has 21 heavy (non-hydrogen) atoms. The van der Waals surface area contributed by atoms with Crippen LogP contribution in [-0.4, -0.2) is 26.8 Å². The van der Waals surface area contributed by atoms with Crippen LogP contribution in [0.25, 0.3) is 0 Å². The molecular weight excluding hydrogens is 286 g/mol. The average Bonchev–Trinajstić information content (AvgIpc) is 2.45. The van der Waals surface area contributed by atoms with Crippen molar-refractivity contribution >= 4 is 10.0 Å². The summed E-state index contributed by atoms with van der Waals surface area (Å²) in [5.41, 5.74) is 1.20. The van der Waals surface area contributed by atoms with Crippen molar-refractivity contribution in [3.8, 4) is 5.75 Å². The lowest BCUT2D eigenvalue weighted by Gasteiger charge is -2.14. The number of rotatable bonds is 9. The molecular formula is C16H27NO3S. The molecule has 0 bridgehead atoms. The highest BCUT2D eigenvalue weighted by atomic mass is 32.2. The van der Waals surface area contributed by atoms with Crippen LogP contribution >= 0.6 is 0 Å². The third kappa shape index (κ3) is 6.06. The van der Waals surface area contributed by atoms with Crippen LogP contribution in [-0.2, 0) is 10.0 Å². The molecule has 5 heteroatoms. The van der Waals surface area contributed by atoms with Crippen LogP contribution in [0.15, 0.2) is 24.3 Å². The van der Waals surface area contributed by atoms with Crippen LogP contribution in [0.3, 0.4) is 0 Å². The summed E-state index contributed by atoms with van der Waals surface area (Å²) in [7, 11) is -3.16. The van der Waals surface area contributed by atoms with Gasteiger partial charge in [-0.3, -0.25) is 0 Å². The smallest absolute Gasteiger partial charge is 0.213 e. The van der Waals surface area contributed by atoms with E-state index in [1.54, 1.807) is 13.8 Å². The third-order valence-corrected chi connectivity index (χ3v) is 5.27. The minimum absolute atomic E-state index is 0.306. The summed E-state index contributed by atoms with van der Waals surface area (Å²) in [6.07, 6.45) is 1.77. The lowest BCUT2D eigenvalue weighted by molar-refractivity contribution is 0.317. The quantitative estimate of drug-likeness (QED) is 0.761. The first kappa shape index (κ1) is 18.0. The predicted molar refractivity (Wildman–Crippen MR) is 87.3 cm³/mol. The van der Waals surface area contributed by atoms with E-state index in [1.165, 1.54) is 5.56 Å². The van der Waals surface area contributed by atoms with Crippen LogP contribution in [0.1, 0.15) is 52.0 Å². The van der Waals surface area contributed by atoms with Crippen molar-refractivity contribution in [2.75, 3.05) is 13.2 Å². The second-order valence-electron chi connectivity index (χ2n) is 5.60. The molecule has 1 aromatic carbocycles. The Morgan fingerprint density at radius 3 is 2.29 bits per heavy atom. The Labute approximate surface area is 129 Å². The lowest BCUT2D eigenvalue weighted by atomic mass is 9.98. The fourth-order valence-corrected chi connectivity index (χ4v) is 2.60. The molecule has 120 valence electrons. The number of benzene rings is 1. The standard InChI is InChI=1S/C16H27NO3S/c1-5-12-20-16-8-6-15(7-9-16)14(4)10-11-17-21(18,19)13(2)3/h6-9,13-14,17H,5,10-12H2,1-4H3. The van der Waals surface area contributed by atoms with E-state index >= 15 is 0 Å². The number of sulfonamides is 1. The van der Waals surface area contributed by atoms with Crippen molar-refractivity contribution in [1.82, 2.24) is 4.72 Å². The van der Waals surface area contributed by atoms with Gasteiger partial charge in [0.2, 0.25) is 10.0 Å². The molecule has 0 aliphatic rings. The molecule has 0 radical (unpaired) electrons. The molecule has 0 fully saturated rings. The molecule has 0 saturated carbocycles. The second kappa shape index (κ2) is 8.39. The summed E-state index contributed by atoms with van der Waals surface area (Å²) in [4.78, 5) is 0. The first-order valence-corrected chi connectivity index (χ1v) is 9.12. The normalized spacial score (nSPS) is 13.4. The van der Waals surface area contributed by atoms with Crippen LogP contribution in [0, 0.1) is 0 Å². The van der Waals surface area contributed by atoms with E-state index in [-0.39, 0.29) is 5.25 Å². The molecule has 4 nitrogen and oxygen atoms in total. The van der Waals surface area contributed by atoms with E-state index in [1.807, 2.05) is 24.3 Å². The van der Waals surface area contributed by atoms with Gasteiger partial charge < -0.3 is 4.74 Å². The molecule has 0 spiro atoms. The maximum absolute atomic E-state index is 11.7. The summed E-state index contributed by atoms with van der Waals surface area (Å²) in [5.74, 6) is 1.19. The SMILES string of the molecule is CCCOc1ccc(C(C)CCNS(=O)(=O)C(C)C)cc1. The van der Waals surface area contributed by atoms with E-state index in [4.69, 9.17) is 4.74 Å².